The smallest absolute Gasteiger partial charge is 0.424 e. The number of benzene rings is 2. The molecule has 6 nitrogen and oxygen atoms in total. The predicted molar refractivity (Wildman–Crippen MR) is 134 cm³/mol. The van der Waals surface area contributed by atoms with Crippen molar-refractivity contribution in [1.29, 1.82) is 0 Å². The zero-order valence-corrected chi connectivity index (χ0v) is 20.7. The Morgan fingerprint density at radius 3 is 1.94 bits per heavy atom. The molecule has 0 unspecified atom stereocenters. The summed E-state index contributed by atoms with van der Waals surface area (Å²) in [6, 6.07) is 18.8. The molecule has 0 aliphatic heterocycles. The quantitative estimate of drug-likeness (QED) is 0.347. The van der Waals surface area contributed by atoms with Gasteiger partial charge in [-0.15, -0.1) is 0 Å². The van der Waals surface area contributed by atoms with Gasteiger partial charge >= 0.3 is 6.09 Å². The fourth-order valence-corrected chi connectivity index (χ4v) is 3.80. The summed E-state index contributed by atoms with van der Waals surface area (Å²) in [6.45, 7) is 9.39. The first-order valence-corrected chi connectivity index (χ1v) is 11.9. The van der Waals surface area contributed by atoms with Crippen molar-refractivity contribution >= 4 is 17.9 Å². The standard InChI is InChI=1S/C28H34N2O4/c1-6-14-22(15-7-2)25(31)30(27(32)34-28(3,4)5)26-23(20-16-10-8-11-17-20)29-24(33-26)21-18-12-9-13-19-21/h8-13,16-19,22H,6-7,14-15H2,1-5H3. The number of hydrogen-bond acceptors (Lipinski definition) is 5. The molecule has 0 aliphatic carbocycles. The molecule has 0 radical (unpaired) electrons. The Hall–Kier alpha value is -3.41. The third-order valence-electron chi connectivity index (χ3n) is 5.30. The van der Waals surface area contributed by atoms with Crippen LogP contribution in [0.3, 0.4) is 0 Å². The van der Waals surface area contributed by atoms with Crippen molar-refractivity contribution in [2.75, 3.05) is 4.90 Å². The average molecular weight is 463 g/mol. The van der Waals surface area contributed by atoms with Crippen molar-refractivity contribution in [3.63, 3.8) is 0 Å². The van der Waals surface area contributed by atoms with Gasteiger partial charge in [-0.3, -0.25) is 4.79 Å². The number of rotatable bonds is 8. The molecule has 3 aromatic rings. The molecule has 180 valence electrons. The zero-order chi connectivity index (χ0) is 24.7. The lowest BCUT2D eigenvalue weighted by molar-refractivity contribution is -0.122. The minimum absolute atomic E-state index is 0.0847. The Morgan fingerprint density at radius 2 is 1.44 bits per heavy atom. The Morgan fingerprint density at radius 1 is 0.912 bits per heavy atom. The molecule has 0 bridgehead atoms. The molecule has 0 saturated heterocycles. The summed E-state index contributed by atoms with van der Waals surface area (Å²) in [6.07, 6.45) is 2.24. The molecule has 1 aromatic heterocycles. The molecular weight excluding hydrogens is 428 g/mol. The van der Waals surface area contributed by atoms with E-state index in [0.717, 1.165) is 28.9 Å². The van der Waals surface area contributed by atoms with E-state index >= 15 is 0 Å². The maximum absolute atomic E-state index is 13.8. The van der Waals surface area contributed by atoms with E-state index in [0.29, 0.717) is 24.4 Å². The second kappa shape index (κ2) is 11.1. The van der Waals surface area contributed by atoms with E-state index in [1.165, 1.54) is 0 Å². The highest BCUT2D eigenvalue weighted by molar-refractivity contribution is 6.14. The predicted octanol–water partition coefficient (Wildman–Crippen LogP) is 7.49. The van der Waals surface area contributed by atoms with Gasteiger partial charge in [-0.05, 0) is 45.7 Å². The second-order valence-electron chi connectivity index (χ2n) is 9.33. The summed E-state index contributed by atoms with van der Waals surface area (Å²) < 4.78 is 11.8. The lowest BCUT2D eigenvalue weighted by Crippen LogP contribution is -2.44. The first-order chi connectivity index (χ1) is 16.2. The third kappa shape index (κ3) is 6.13. The summed E-state index contributed by atoms with van der Waals surface area (Å²) in [7, 11) is 0. The number of hydrogen-bond donors (Lipinski definition) is 0. The largest absolute Gasteiger partial charge is 0.443 e. The highest BCUT2D eigenvalue weighted by atomic mass is 16.6. The van der Waals surface area contributed by atoms with Crippen LogP contribution in [0.2, 0.25) is 0 Å². The van der Waals surface area contributed by atoms with E-state index in [2.05, 4.69) is 0 Å². The molecule has 3 rings (SSSR count). The van der Waals surface area contributed by atoms with Crippen LogP contribution < -0.4 is 4.90 Å². The van der Waals surface area contributed by atoms with Crippen molar-refractivity contribution in [3.8, 4) is 22.7 Å². The highest BCUT2D eigenvalue weighted by Crippen LogP contribution is 2.37. The van der Waals surface area contributed by atoms with Crippen LogP contribution in [0, 0.1) is 5.92 Å². The van der Waals surface area contributed by atoms with Crippen LogP contribution in [-0.4, -0.2) is 22.6 Å². The maximum Gasteiger partial charge on any atom is 0.424 e. The van der Waals surface area contributed by atoms with Crippen LogP contribution in [0.15, 0.2) is 65.1 Å². The monoisotopic (exact) mass is 462 g/mol. The molecule has 6 heteroatoms. The summed E-state index contributed by atoms with van der Waals surface area (Å²) in [5.41, 5.74) is 1.13. The molecule has 2 aromatic carbocycles. The Labute approximate surface area is 202 Å². The van der Waals surface area contributed by atoms with Crippen LogP contribution in [0.5, 0.6) is 0 Å². The molecular formula is C28H34N2O4. The Bertz CT molecular complexity index is 1080. The number of imide groups is 1. The van der Waals surface area contributed by atoms with Gasteiger partial charge in [-0.1, -0.05) is 75.2 Å². The van der Waals surface area contributed by atoms with Crippen molar-refractivity contribution in [3.05, 3.63) is 60.7 Å². The van der Waals surface area contributed by atoms with Crippen molar-refractivity contribution in [1.82, 2.24) is 4.98 Å². The first kappa shape index (κ1) is 25.2. The Kier molecular flexibility index (Phi) is 8.26. The summed E-state index contributed by atoms with van der Waals surface area (Å²) in [5.74, 6) is -0.234. The molecule has 0 spiro atoms. The summed E-state index contributed by atoms with van der Waals surface area (Å²) >= 11 is 0. The van der Waals surface area contributed by atoms with E-state index in [-0.39, 0.29) is 17.7 Å². The molecule has 0 N–H and O–H groups in total. The number of anilines is 1. The van der Waals surface area contributed by atoms with Gasteiger partial charge in [-0.25, -0.2) is 9.78 Å². The average Bonchev–Trinajstić information content (AvgIpc) is 3.24. The van der Waals surface area contributed by atoms with Gasteiger partial charge in [0.25, 0.3) is 0 Å². The lowest BCUT2D eigenvalue weighted by atomic mass is 9.96. The number of carbonyl (C=O) groups is 2. The molecule has 0 saturated carbocycles. The van der Waals surface area contributed by atoms with Gasteiger partial charge in [0, 0.05) is 17.0 Å². The van der Waals surface area contributed by atoms with Gasteiger partial charge in [0.1, 0.15) is 11.3 Å². The van der Waals surface area contributed by atoms with Gasteiger partial charge in [-0.2, -0.15) is 4.90 Å². The first-order valence-electron chi connectivity index (χ1n) is 11.9. The van der Waals surface area contributed by atoms with Crippen LogP contribution in [0.1, 0.15) is 60.3 Å². The molecule has 0 fully saturated rings. The van der Waals surface area contributed by atoms with Gasteiger partial charge in [0.05, 0.1) is 0 Å². The van der Waals surface area contributed by atoms with Crippen LogP contribution in [-0.2, 0) is 9.53 Å². The zero-order valence-electron chi connectivity index (χ0n) is 20.7. The van der Waals surface area contributed by atoms with Crippen LogP contribution >= 0.6 is 0 Å². The number of aromatic nitrogens is 1. The normalized spacial score (nSPS) is 11.5. The van der Waals surface area contributed by atoms with Gasteiger partial charge in [0.15, 0.2) is 0 Å². The fourth-order valence-electron chi connectivity index (χ4n) is 3.80. The number of nitrogens with zero attached hydrogens (tertiary/aromatic N) is 2. The minimum Gasteiger partial charge on any atom is -0.443 e. The van der Waals surface area contributed by atoms with Crippen LogP contribution in [0.4, 0.5) is 10.7 Å². The number of amides is 2. The molecule has 2 amide bonds. The van der Waals surface area contributed by atoms with Gasteiger partial charge in [0.2, 0.25) is 17.7 Å². The maximum atomic E-state index is 13.8. The van der Waals surface area contributed by atoms with Gasteiger partial charge < -0.3 is 9.15 Å². The summed E-state index contributed by atoms with van der Waals surface area (Å²) in [5, 5.41) is 0. The number of carbonyl (C=O) groups excluding carboxylic acids is 2. The molecule has 0 atom stereocenters. The SMILES string of the molecule is CCCC(CCC)C(=O)N(C(=O)OC(C)(C)C)c1oc(-c2ccccc2)nc1-c1ccccc1. The summed E-state index contributed by atoms with van der Waals surface area (Å²) in [4.78, 5) is 33.0. The molecule has 34 heavy (non-hydrogen) atoms. The van der Waals surface area contributed by atoms with Crippen LogP contribution in [0.25, 0.3) is 22.7 Å². The van der Waals surface area contributed by atoms with Crippen molar-refractivity contribution in [2.45, 2.75) is 65.9 Å². The molecule has 1 heterocycles. The molecule has 0 aliphatic rings. The van der Waals surface area contributed by atoms with E-state index in [9.17, 15) is 9.59 Å². The van der Waals surface area contributed by atoms with Crippen molar-refractivity contribution in [2.24, 2.45) is 5.92 Å². The van der Waals surface area contributed by atoms with E-state index < -0.39 is 11.7 Å². The number of oxazole rings is 1. The topological polar surface area (TPSA) is 72.6 Å². The lowest BCUT2D eigenvalue weighted by Gasteiger charge is -2.27. The number of ether oxygens (including phenoxy) is 1. The van der Waals surface area contributed by atoms with E-state index in [1.54, 1.807) is 20.8 Å². The second-order valence-corrected chi connectivity index (χ2v) is 9.33. The van der Waals surface area contributed by atoms with E-state index in [4.69, 9.17) is 14.1 Å². The minimum atomic E-state index is -0.782. The fraction of sp³-hybridized carbons (Fsp3) is 0.393. The Balaban J connectivity index is 2.19. The highest BCUT2D eigenvalue weighted by Gasteiger charge is 2.37. The van der Waals surface area contributed by atoms with Crippen molar-refractivity contribution < 1.29 is 18.7 Å². The van der Waals surface area contributed by atoms with E-state index in [1.807, 2.05) is 74.5 Å². The third-order valence-corrected chi connectivity index (χ3v) is 5.30.